The molecule has 0 radical (unpaired) electrons. The lowest BCUT2D eigenvalue weighted by Gasteiger charge is -2.31. The van der Waals surface area contributed by atoms with Crippen LogP contribution in [0.2, 0.25) is 0 Å². The van der Waals surface area contributed by atoms with E-state index in [2.05, 4.69) is 38.2 Å². The third-order valence-electron chi connectivity index (χ3n) is 5.60. The van der Waals surface area contributed by atoms with Gasteiger partial charge in [-0.15, -0.1) is 23.1 Å². The van der Waals surface area contributed by atoms with E-state index in [1.165, 1.54) is 18.8 Å². The molecule has 0 atom stereocenters. The van der Waals surface area contributed by atoms with Gasteiger partial charge in [-0.25, -0.2) is 18.1 Å². The number of rotatable bonds is 7. The highest BCUT2D eigenvalue weighted by Crippen LogP contribution is 2.34. The fraction of sp³-hybridized carbons (Fsp3) is 0.304. The molecule has 1 aliphatic heterocycles. The molecule has 1 amide bonds. The molecule has 3 aromatic rings. The first-order chi connectivity index (χ1) is 15.9. The number of thioether (sulfide) groups is 1. The molecule has 2 aromatic carbocycles. The number of aromatic nitrogens is 1. The zero-order chi connectivity index (χ0) is 23.4. The normalized spacial score (nSPS) is 15.0. The van der Waals surface area contributed by atoms with Crippen LogP contribution in [0.3, 0.4) is 0 Å². The van der Waals surface area contributed by atoms with Gasteiger partial charge in [0.2, 0.25) is 15.9 Å². The van der Waals surface area contributed by atoms with Crippen molar-refractivity contribution < 1.29 is 13.2 Å². The largest absolute Gasteiger partial charge is 0.342 e. The first-order valence-electron chi connectivity index (χ1n) is 10.5. The van der Waals surface area contributed by atoms with Gasteiger partial charge in [0.05, 0.1) is 21.3 Å². The van der Waals surface area contributed by atoms with E-state index in [-0.39, 0.29) is 16.6 Å². The number of hydrogen-bond acceptors (Lipinski definition) is 6. The molecular weight excluding hydrogens is 542 g/mol. The lowest BCUT2D eigenvalue weighted by Crippen LogP contribution is -2.38. The highest BCUT2D eigenvalue weighted by atomic mass is 79.9. The number of carbonyl (C=O) groups is 1. The van der Waals surface area contributed by atoms with E-state index in [1.54, 1.807) is 35.6 Å². The van der Waals surface area contributed by atoms with Crippen LogP contribution in [0.1, 0.15) is 23.8 Å². The number of halogens is 1. The van der Waals surface area contributed by atoms with Crippen LogP contribution in [0, 0.1) is 0 Å². The number of benzene rings is 2. The van der Waals surface area contributed by atoms with Crippen LogP contribution in [0.25, 0.3) is 11.3 Å². The van der Waals surface area contributed by atoms with E-state index in [4.69, 9.17) is 4.98 Å². The van der Waals surface area contributed by atoms with Gasteiger partial charge in [0, 0.05) is 39.3 Å². The molecule has 1 saturated heterocycles. The molecule has 174 valence electrons. The predicted octanol–water partition coefficient (Wildman–Crippen LogP) is 4.98. The quantitative estimate of drug-likeness (QED) is 0.409. The van der Waals surface area contributed by atoms with Crippen molar-refractivity contribution in [2.24, 2.45) is 0 Å². The molecule has 1 N–H and O–H groups in total. The first-order valence-corrected chi connectivity index (χ1v) is 14.7. The van der Waals surface area contributed by atoms with Gasteiger partial charge in [-0.1, -0.05) is 40.2 Å². The van der Waals surface area contributed by atoms with Crippen LogP contribution in [0.5, 0.6) is 0 Å². The fourth-order valence-electron chi connectivity index (χ4n) is 3.76. The summed E-state index contributed by atoms with van der Waals surface area (Å²) in [6.07, 6.45) is 1.76. The topological polar surface area (TPSA) is 79.4 Å². The Balaban J connectivity index is 1.33. The number of hydrogen-bond donors (Lipinski definition) is 1. The summed E-state index contributed by atoms with van der Waals surface area (Å²) < 4.78 is 27.8. The predicted molar refractivity (Wildman–Crippen MR) is 137 cm³/mol. The average Bonchev–Trinajstić information content (AvgIpc) is 3.33. The van der Waals surface area contributed by atoms with Crippen molar-refractivity contribution in [3.8, 4) is 11.3 Å². The standard InChI is InChI=1S/C23H24BrN3O3S3/c1-25-33(29,30)21-8-3-2-7-20(21)31-15-22(28)27-11-9-16(10-12-27)23-26-19(14-32-23)17-5-4-6-18(24)13-17/h2-8,13-14,16,25H,9-12,15H2,1H3. The minimum absolute atomic E-state index is 0.0315. The smallest absolute Gasteiger partial charge is 0.241 e. The van der Waals surface area contributed by atoms with Crippen molar-refractivity contribution in [3.63, 3.8) is 0 Å². The second kappa shape index (κ2) is 10.7. The van der Waals surface area contributed by atoms with Gasteiger partial charge in [0.1, 0.15) is 0 Å². The maximum absolute atomic E-state index is 12.8. The third kappa shape index (κ3) is 5.86. The van der Waals surface area contributed by atoms with Crippen molar-refractivity contribution in [2.45, 2.75) is 28.6 Å². The van der Waals surface area contributed by atoms with Gasteiger partial charge in [-0.05, 0) is 44.2 Å². The number of amides is 1. The maximum Gasteiger partial charge on any atom is 0.241 e. The summed E-state index contributed by atoms with van der Waals surface area (Å²) in [4.78, 5) is 20.3. The molecule has 6 nitrogen and oxygen atoms in total. The fourth-order valence-corrected chi connectivity index (χ4v) is 7.33. The van der Waals surface area contributed by atoms with E-state index in [0.29, 0.717) is 23.9 Å². The Hall–Kier alpha value is -1.72. The molecule has 2 heterocycles. The molecule has 0 aliphatic carbocycles. The zero-order valence-electron chi connectivity index (χ0n) is 18.0. The van der Waals surface area contributed by atoms with Crippen LogP contribution in [-0.2, 0) is 14.8 Å². The lowest BCUT2D eigenvalue weighted by atomic mass is 9.97. The van der Waals surface area contributed by atoms with Gasteiger partial charge in [0.25, 0.3) is 0 Å². The van der Waals surface area contributed by atoms with Crippen LogP contribution in [-0.4, -0.2) is 50.1 Å². The summed E-state index contributed by atoms with van der Waals surface area (Å²) in [6.45, 7) is 1.37. The van der Waals surface area contributed by atoms with Crippen LogP contribution < -0.4 is 4.72 Å². The van der Waals surface area contributed by atoms with Gasteiger partial charge >= 0.3 is 0 Å². The summed E-state index contributed by atoms with van der Waals surface area (Å²) in [5.41, 5.74) is 2.08. The van der Waals surface area contributed by atoms with Crippen LogP contribution in [0.15, 0.2) is 68.2 Å². The highest BCUT2D eigenvalue weighted by molar-refractivity contribution is 9.10. The van der Waals surface area contributed by atoms with Crippen molar-refractivity contribution >= 4 is 55.0 Å². The summed E-state index contributed by atoms with van der Waals surface area (Å²) in [5.74, 6) is 0.601. The molecular formula is C23H24BrN3O3S3. The molecule has 0 unspecified atom stereocenters. The summed E-state index contributed by atoms with van der Waals surface area (Å²) in [7, 11) is -2.18. The van der Waals surface area contributed by atoms with Crippen LogP contribution >= 0.6 is 39.0 Å². The zero-order valence-corrected chi connectivity index (χ0v) is 22.1. The molecule has 10 heteroatoms. The minimum atomic E-state index is -3.56. The van der Waals surface area contributed by atoms with E-state index < -0.39 is 10.0 Å². The van der Waals surface area contributed by atoms with Crippen molar-refractivity contribution in [1.82, 2.24) is 14.6 Å². The summed E-state index contributed by atoms with van der Waals surface area (Å²) >= 11 is 6.46. The van der Waals surface area contributed by atoms with Crippen molar-refractivity contribution in [2.75, 3.05) is 25.9 Å². The van der Waals surface area contributed by atoms with E-state index in [1.807, 2.05) is 17.0 Å². The number of thiazole rings is 1. The molecule has 33 heavy (non-hydrogen) atoms. The summed E-state index contributed by atoms with van der Waals surface area (Å²) in [6, 6.07) is 14.9. The van der Waals surface area contributed by atoms with E-state index in [0.717, 1.165) is 33.6 Å². The van der Waals surface area contributed by atoms with Gasteiger partial charge in [-0.2, -0.15) is 0 Å². The Morgan fingerprint density at radius 2 is 1.97 bits per heavy atom. The van der Waals surface area contributed by atoms with E-state index in [9.17, 15) is 13.2 Å². The molecule has 0 spiro atoms. The molecule has 1 aromatic heterocycles. The Bertz CT molecular complexity index is 1240. The highest BCUT2D eigenvalue weighted by Gasteiger charge is 2.26. The molecule has 0 bridgehead atoms. The molecule has 1 fully saturated rings. The average molecular weight is 567 g/mol. The minimum Gasteiger partial charge on any atom is -0.342 e. The summed E-state index contributed by atoms with van der Waals surface area (Å²) in [5, 5.41) is 3.22. The third-order valence-corrected chi connectivity index (χ3v) is 9.76. The SMILES string of the molecule is CNS(=O)(=O)c1ccccc1SCC(=O)N1CCC(c2nc(-c3cccc(Br)c3)cs2)CC1. The first kappa shape index (κ1) is 24.4. The monoisotopic (exact) mass is 565 g/mol. The van der Waals surface area contributed by atoms with Gasteiger partial charge in [0.15, 0.2) is 0 Å². The second-order valence-electron chi connectivity index (χ2n) is 7.68. The Labute approximate surface area is 211 Å². The van der Waals surface area contributed by atoms with Crippen LogP contribution in [0.4, 0.5) is 0 Å². The Kier molecular flexibility index (Phi) is 7.91. The van der Waals surface area contributed by atoms with Gasteiger partial charge in [-0.3, -0.25) is 4.79 Å². The molecule has 4 rings (SSSR count). The number of nitrogens with one attached hydrogen (secondary N) is 1. The lowest BCUT2D eigenvalue weighted by molar-refractivity contribution is -0.129. The molecule has 0 saturated carbocycles. The molecule has 1 aliphatic rings. The number of piperidine rings is 1. The number of nitrogens with zero attached hydrogens (tertiary/aromatic N) is 2. The number of likely N-dealkylation sites (tertiary alicyclic amines) is 1. The second-order valence-corrected chi connectivity index (χ2v) is 12.4. The van der Waals surface area contributed by atoms with Gasteiger partial charge < -0.3 is 4.90 Å². The van der Waals surface area contributed by atoms with Crippen molar-refractivity contribution in [3.05, 3.63) is 63.4 Å². The van der Waals surface area contributed by atoms with Crippen molar-refractivity contribution in [1.29, 1.82) is 0 Å². The Morgan fingerprint density at radius 3 is 2.70 bits per heavy atom. The maximum atomic E-state index is 12.8. The number of sulfonamides is 1. The Morgan fingerprint density at radius 1 is 1.21 bits per heavy atom. The van der Waals surface area contributed by atoms with E-state index >= 15 is 0 Å². The number of carbonyl (C=O) groups excluding carboxylic acids is 1.